The van der Waals surface area contributed by atoms with Crippen molar-refractivity contribution in [1.82, 2.24) is 0 Å². The molecule has 0 spiro atoms. The van der Waals surface area contributed by atoms with E-state index in [1.165, 1.54) is 0 Å². The van der Waals surface area contributed by atoms with E-state index >= 15 is 0 Å². The van der Waals surface area contributed by atoms with E-state index in [2.05, 4.69) is 0 Å². The maximum atomic E-state index is 10.1. The molecule has 0 radical (unpaired) electrons. The average Bonchev–Trinajstić information content (AvgIpc) is 1.64. The molecule has 0 saturated carbocycles. The van der Waals surface area contributed by atoms with Gasteiger partial charge in [0.05, 0.1) is 0 Å². The fourth-order valence-electron chi connectivity index (χ4n) is 0.183. The Morgan fingerprint density at radius 2 is 1.78 bits per heavy atom. The average molecular weight is 183 g/mol. The molecule has 0 aromatic heterocycles. The van der Waals surface area contributed by atoms with Crippen LogP contribution in [0.25, 0.3) is 0 Å². The second-order valence-corrected chi connectivity index (χ2v) is 3.94. The van der Waals surface area contributed by atoms with E-state index in [-0.39, 0.29) is 5.48 Å². The molecule has 0 fully saturated rings. The van der Waals surface area contributed by atoms with Gasteiger partial charge < -0.3 is 5.48 Å². The SMILES string of the molecule is C[C]([Zn])=C(C)C(=O)O.O. The Hall–Kier alpha value is -0.207. The van der Waals surface area contributed by atoms with Crippen LogP contribution in [0, 0.1) is 0 Å². The summed E-state index contributed by atoms with van der Waals surface area (Å²) < 4.78 is 0.984. The Morgan fingerprint density at radius 3 is 1.78 bits per heavy atom. The summed E-state index contributed by atoms with van der Waals surface area (Å²) in [4.78, 5) is 10.1. The van der Waals surface area contributed by atoms with E-state index in [0.717, 1.165) is 22.5 Å². The van der Waals surface area contributed by atoms with Crippen LogP contribution in [0.3, 0.4) is 0 Å². The quantitative estimate of drug-likeness (QED) is 0.461. The number of carboxylic acid groups (broad SMARTS) is 1. The third-order valence-corrected chi connectivity index (χ3v) is 2.07. The standard InChI is InChI=1S/C5H7O2.H2O.Zn/c1-3-4(2)5(6)7;;/h1-2H3,(H,6,7);1H2;. The van der Waals surface area contributed by atoms with Crippen molar-refractivity contribution >= 4 is 5.97 Å². The van der Waals surface area contributed by atoms with Gasteiger partial charge in [0.2, 0.25) is 0 Å². The number of allylic oxidation sites excluding steroid dienone is 1. The molecule has 0 bridgehead atoms. The van der Waals surface area contributed by atoms with E-state index in [9.17, 15) is 4.79 Å². The molecule has 0 aliphatic rings. The molecule has 3 nitrogen and oxygen atoms in total. The van der Waals surface area contributed by atoms with Crippen molar-refractivity contribution < 1.29 is 33.7 Å². The molecule has 0 unspecified atom stereocenters. The van der Waals surface area contributed by atoms with Crippen LogP contribution in [0.1, 0.15) is 13.8 Å². The van der Waals surface area contributed by atoms with Crippen molar-refractivity contribution in [2.75, 3.05) is 0 Å². The van der Waals surface area contributed by atoms with E-state index in [0.29, 0.717) is 5.57 Å². The number of rotatable bonds is 1. The van der Waals surface area contributed by atoms with Crippen molar-refractivity contribution in [2.45, 2.75) is 13.8 Å². The maximum absolute atomic E-state index is 10.1. The minimum absolute atomic E-state index is 0. The van der Waals surface area contributed by atoms with Gasteiger partial charge in [-0.2, -0.15) is 0 Å². The zero-order valence-electron chi connectivity index (χ0n) is 5.56. The first-order valence-electron chi connectivity index (χ1n) is 2.28. The molecule has 49 valence electrons. The van der Waals surface area contributed by atoms with Crippen LogP contribution in [0.4, 0.5) is 0 Å². The van der Waals surface area contributed by atoms with Crippen molar-refractivity contribution in [3.05, 3.63) is 9.74 Å². The van der Waals surface area contributed by atoms with Crippen molar-refractivity contribution in [3.8, 4) is 0 Å². The minimum Gasteiger partial charge on any atom is -0.412 e. The van der Waals surface area contributed by atoms with Crippen LogP contribution in [0.5, 0.6) is 0 Å². The van der Waals surface area contributed by atoms with Gasteiger partial charge in [-0.05, 0) is 0 Å². The maximum Gasteiger partial charge on any atom is -0.412 e. The summed E-state index contributed by atoms with van der Waals surface area (Å²) in [6, 6.07) is 0. The number of aliphatic carboxylic acids is 1. The van der Waals surface area contributed by atoms with Crippen LogP contribution < -0.4 is 0 Å². The topological polar surface area (TPSA) is 68.8 Å². The van der Waals surface area contributed by atoms with Crippen molar-refractivity contribution in [2.24, 2.45) is 0 Å². The van der Waals surface area contributed by atoms with Gasteiger partial charge in [-0.3, -0.25) is 0 Å². The molecule has 0 heterocycles. The molecule has 4 heteroatoms. The minimum atomic E-state index is -0.797. The van der Waals surface area contributed by atoms with Crippen LogP contribution in [-0.4, -0.2) is 16.6 Å². The third kappa shape index (κ3) is 4.31. The normalized spacial score (nSPS) is 11.6. The molecule has 0 saturated heterocycles. The van der Waals surface area contributed by atoms with Crippen LogP contribution in [-0.2, 0) is 23.1 Å². The van der Waals surface area contributed by atoms with Gasteiger partial charge in [0, 0.05) is 0 Å². The number of hydrogen-bond acceptors (Lipinski definition) is 1. The molecular weight excluding hydrogens is 173 g/mol. The van der Waals surface area contributed by atoms with Crippen molar-refractivity contribution in [3.63, 3.8) is 0 Å². The Morgan fingerprint density at radius 1 is 1.44 bits per heavy atom. The van der Waals surface area contributed by atoms with Gasteiger partial charge in [0.15, 0.2) is 0 Å². The molecular formula is C5H9O3Zn. The second-order valence-electron chi connectivity index (χ2n) is 1.71. The number of carboxylic acids is 1. The zero-order valence-corrected chi connectivity index (χ0v) is 8.53. The molecule has 3 N–H and O–H groups in total. The number of hydrogen-bond donors (Lipinski definition) is 1. The number of carbonyl (C=O) groups is 1. The molecule has 0 atom stereocenters. The predicted molar refractivity (Wildman–Crippen MR) is 29.6 cm³/mol. The van der Waals surface area contributed by atoms with Gasteiger partial charge in [0.1, 0.15) is 0 Å². The molecule has 0 aliphatic carbocycles. The fraction of sp³-hybridized carbons (Fsp3) is 0.400. The summed E-state index contributed by atoms with van der Waals surface area (Å²) >= 11 is 0.943. The molecule has 0 amide bonds. The Balaban J connectivity index is 0. The zero-order chi connectivity index (χ0) is 6.73. The Labute approximate surface area is 63.7 Å². The molecule has 9 heavy (non-hydrogen) atoms. The Bertz CT molecular complexity index is 135. The molecule has 0 rings (SSSR count). The fourth-order valence-corrected chi connectivity index (χ4v) is 0.500. The summed E-state index contributed by atoms with van der Waals surface area (Å²) in [5.41, 5.74) is 0.491. The smallest absolute Gasteiger partial charge is 0.412 e. The molecule has 0 aliphatic heterocycles. The van der Waals surface area contributed by atoms with E-state index in [4.69, 9.17) is 5.11 Å². The van der Waals surface area contributed by atoms with E-state index < -0.39 is 5.97 Å². The first kappa shape index (κ1) is 11.6. The molecule has 0 aromatic rings. The van der Waals surface area contributed by atoms with Gasteiger partial charge in [-0.15, -0.1) is 0 Å². The first-order chi connectivity index (χ1) is 3.55. The van der Waals surface area contributed by atoms with Crippen LogP contribution >= 0.6 is 0 Å². The Kier molecular flexibility index (Phi) is 5.98. The summed E-state index contributed by atoms with van der Waals surface area (Å²) in [5, 5.41) is 8.31. The predicted octanol–water partition coefficient (Wildman–Crippen LogP) is 0.0870. The van der Waals surface area contributed by atoms with Gasteiger partial charge in [-0.1, -0.05) is 0 Å². The first-order valence-corrected chi connectivity index (χ1v) is 3.76. The van der Waals surface area contributed by atoms with Gasteiger partial charge >= 0.3 is 57.8 Å². The summed E-state index contributed by atoms with van der Waals surface area (Å²) in [5.74, 6) is -0.797. The van der Waals surface area contributed by atoms with E-state index in [1.54, 1.807) is 6.92 Å². The van der Waals surface area contributed by atoms with E-state index in [1.807, 2.05) is 6.92 Å². The summed E-state index contributed by atoms with van der Waals surface area (Å²) in [6.45, 7) is 3.46. The van der Waals surface area contributed by atoms with Crippen molar-refractivity contribution in [1.29, 1.82) is 0 Å². The molecule has 0 aromatic carbocycles. The summed E-state index contributed by atoms with van der Waals surface area (Å²) in [6.07, 6.45) is 0. The van der Waals surface area contributed by atoms with Gasteiger partial charge in [-0.25, -0.2) is 0 Å². The second kappa shape index (κ2) is 4.65. The largest absolute Gasteiger partial charge is 0.412 e. The van der Waals surface area contributed by atoms with Gasteiger partial charge in [0.25, 0.3) is 0 Å². The summed E-state index contributed by atoms with van der Waals surface area (Å²) in [7, 11) is 0. The third-order valence-electron chi connectivity index (χ3n) is 0.961. The van der Waals surface area contributed by atoms with Crippen LogP contribution in [0.15, 0.2) is 9.74 Å². The van der Waals surface area contributed by atoms with Crippen LogP contribution in [0.2, 0.25) is 0 Å². The monoisotopic (exact) mass is 181 g/mol.